The summed E-state index contributed by atoms with van der Waals surface area (Å²) in [4.78, 5) is 28.0. The Hall–Kier alpha value is -2.21. The molecular formula is C24H21ClF4I2N4O4. The molecule has 0 saturated carbocycles. The molecule has 0 saturated heterocycles. The molecule has 0 amide bonds. The number of halogens is 7. The third-order valence-corrected chi connectivity index (χ3v) is 6.44. The molecule has 39 heavy (non-hydrogen) atoms. The molecule has 3 aromatic rings. The molecule has 0 spiro atoms. The van der Waals surface area contributed by atoms with Crippen LogP contribution in [0.4, 0.5) is 29.1 Å². The van der Waals surface area contributed by atoms with Crippen molar-refractivity contribution in [1.29, 1.82) is 0 Å². The van der Waals surface area contributed by atoms with Crippen LogP contribution in [0.25, 0.3) is 0 Å². The molecule has 2 aromatic carbocycles. The van der Waals surface area contributed by atoms with Gasteiger partial charge < -0.3 is 19.7 Å². The first-order valence-corrected chi connectivity index (χ1v) is 14.0. The van der Waals surface area contributed by atoms with Crippen LogP contribution < -0.4 is 30.9 Å². The van der Waals surface area contributed by atoms with Crippen molar-refractivity contribution in [3.05, 3.63) is 80.0 Å². The highest BCUT2D eigenvalue weighted by Gasteiger charge is 2.37. The monoisotopic (exact) mass is 794 g/mol. The van der Waals surface area contributed by atoms with E-state index in [1.165, 1.54) is 58.3 Å². The molecule has 0 radical (unpaired) electrons. The molecule has 1 atom stereocenters. The molecule has 1 unspecified atom stereocenters. The summed E-state index contributed by atoms with van der Waals surface area (Å²) in [6.07, 6.45) is -6.99. The van der Waals surface area contributed by atoms with E-state index < -0.39 is 45.0 Å². The maximum absolute atomic E-state index is 14.0. The third kappa shape index (κ3) is 7.50. The van der Waals surface area contributed by atoms with Crippen LogP contribution in [0.15, 0.2) is 58.1 Å². The van der Waals surface area contributed by atoms with Crippen molar-refractivity contribution in [2.75, 3.05) is 10.2 Å². The maximum atomic E-state index is 14.0. The number of benzene rings is 2. The van der Waals surface area contributed by atoms with Crippen molar-refractivity contribution in [3.63, 3.8) is 0 Å². The molecule has 0 bridgehead atoms. The number of aromatic nitrogens is 2. The van der Waals surface area contributed by atoms with Gasteiger partial charge >= 0.3 is 13.7 Å². The van der Waals surface area contributed by atoms with Gasteiger partial charge in [0.25, 0.3) is 11.9 Å². The fourth-order valence-corrected chi connectivity index (χ4v) is 4.67. The van der Waals surface area contributed by atoms with E-state index in [9.17, 15) is 27.2 Å². The van der Waals surface area contributed by atoms with E-state index in [4.69, 9.17) is 21.1 Å². The highest BCUT2D eigenvalue weighted by Crippen LogP contribution is 2.36. The average Bonchev–Trinajstić information content (AvgIpc) is 3.17. The molecule has 8 nitrogen and oxygen atoms in total. The Balaban J connectivity index is 1.72. The van der Waals surface area contributed by atoms with Gasteiger partial charge in [0.15, 0.2) is 0 Å². The van der Waals surface area contributed by atoms with E-state index >= 15 is 0 Å². The number of anilines is 2. The zero-order valence-electron chi connectivity index (χ0n) is 20.1. The van der Waals surface area contributed by atoms with Crippen LogP contribution in [0.3, 0.4) is 0 Å². The molecule has 2 heterocycles. The molecule has 1 aromatic heterocycles. The highest BCUT2D eigenvalue weighted by atomic mass is 127. The van der Waals surface area contributed by atoms with Crippen molar-refractivity contribution in [2.45, 2.75) is 40.3 Å². The van der Waals surface area contributed by atoms with Gasteiger partial charge in [-0.25, -0.2) is 4.79 Å². The van der Waals surface area contributed by atoms with Crippen molar-refractivity contribution in [1.82, 2.24) is 9.13 Å². The molecule has 1 aliphatic rings. The van der Waals surface area contributed by atoms with E-state index in [1.54, 1.807) is 47.4 Å². The van der Waals surface area contributed by atoms with Crippen LogP contribution in [-0.2, 0) is 20.1 Å². The Bertz CT molecular complexity index is 1460. The largest absolute Gasteiger partial charge is 0.452 e. The first-order valence-electron chi connectivity index (χ1n) is 11.4. The van der Waals surface area contributed by atoms with Crippen LogP contribution >= 0.6 is 56.8 Å². The zero-order chi connectivity index (χ0) is 28.5. The summed E-state index contributed by atoms with van der Waals surface area (Å²) < 4.78 is 63.5. The van der Waals surface area contributed by atoms with Crippen LogP contribution in [0, 0.1) is 0 Å². The lowest BCUT2D eigenvalue weighted by molar-refractivity contribution is -0.136. The topological polar surface area (TPSA) is 77.7 Å². The van der Waals surface area contributed by atoms with E-state index in [1.807, 2.05) is 0 Å². The van der Waals surface area contributed by atoms with Crippen molar-refractivity contribution in [3.8, 4) is 11.5 Å². The summed E-state index contributed by atoms with van der Waals surface area (Å²) in [7, 11) is 1.41. The first-order chi connectivity index (χ1) is 18.2. The van der Waals surface area contributed by atoms with Gasteiger partial charge in [0.05, 0.1) is 0 Å². The SMILES string of the molecule is Cn1c2c(c(=O)n(CCCC(F)(F)F)c1=O)N(Cc1ccc(Cl)cc1)C(Oc1cccc(OC(F)(I)I)c1)N2. The predicted molar refractivity (Wildman–Crippen MR) is 156 cm³/mol. The number of ether oxygens (including phenoxy) is 2. The normalized spacial score (nSPS) is 15.2. The number of hydrogen-bond donors (Lipinski definition) is 1. The van der Waals surface area contributed by atoms with Crippen LogP contribution in [0.5, 0.6) is 11.5 Å². The summed E-state index contributed by atoms with van der Waals surface area (Å²) in [5, 5.41) is 3.53. The fraction of sp³-hybridized carbons (Fsp3) is 0.333. The number of nitrogens with one attached hydrogen (secondary N) is 1. The molecule has 0 fully saturated rings. The van der Waals surface area contributed by atoms with E-state index in [0.29, 0.717) is 5.02 Å². The predicted octanol–water partition coefficient (Wildman–Crippen LogP) is 6.17. The lowest BCUT2D eigenvalue weighted by Crippen LogP contribution is -2.43. The minimum atomic E-state index is -4.42. The van der Waals surface area contributed by atoms with Crippen LogP contribution in [0.1, 0.15) is 18.4 Å². The Morgan fingerprint density at radius 3 is 2.36 bits per heavy atom. The van der Waals surface area contributed by atoms with Crippen LogP contribution in [-0.4, -0.2) is 23.5 Å². The lowest BCUT2D eigenvalue weighted by atomic mass is 10.2. The molecule has 1 N–H and O–H groups in total. The third-order valence-electron chi connectivity index (χ3n) is 5.75. The fourth-order valence-electron chi connectivity index (χ4n) is 4.04. The summed E-state index contributed by atoms with van der Waals surface area (Å²) in [5.74, 6) is 0.607. The highest BCUT2D eigenvalue weighted by molar-refractivity contribution is 14.2. The van der Waals surface area contributed by atoms with Crippen LogP contribution in [0.2, 0.25) is 5.02 Å². The van der Waals surface area contributed by atoms with Gasteiger partial charge in [0, 0.05) is 82.8 Å². The first kappa shape index (κ1) is 29.8. The van der Waals surface area contributed by atoms with Crippen molar-refractivity contribution >= 4 is 68.3 Å². The molecule has 15 heteroatoms. The Morgan fingerprint density at radius 2 is 1.72 bits per heavy atom. The Kier molecular flexibility index (Phi) is 8.95. The number of fused-ring (bicyclic) bond motifs is 1. The second kappa shape index (κ2) is 11.7. The number of hydrogen-bond acceptors (Lipinski definition) is 6. The average molecular weight is 795 g/mol. The number of alkyl halides is 6. The quantitative estimate of drug-likeness (QED) is 0.159. The standard InChI is InChI=1S/C24H21ClF4I2N4O4/c1-33-19-18(20(36)34(22(33)37)11-3-10-23(26,27)28)35(13-14-6-8-15(25)9-7-14)21(32-19)38-16-4-2-5-17(12-16)39-24(29,30)31/h2,4-9,12,21,32H,3,10-11,13H2,1H3. The number of nitrogens with zero attached hydrogens (tertiary/aromatic N) is 3. The van der Waals surface area contributed by atoms with Crippen molar-refractivity contribution in [2.24, 2.45) is 7.05 Å². The maximum Gasteiger partial charge on any atom is 0.389 e. The van der Waals surface area contributed by atoms with Gasteiger partial charge in [-0.05, 0) is 36.2 Å². The van der Waals surface area contributed by atoms with Gasteiger partial charge in [-0.2, -0.15) is 17.6 Å². The molecule has 1 aliphatic heterocycles. The summed E-state index contributed by atoms with van der Waals surface area (Å²) in [6, 6.07) is 13.0. The Labute approximate surface area is 252 Å². The second-order valence-electron chi connectivity index (χ2n) is 8.61. The Morgan fingerprint density at radius 1 is 1.05 bits per heavy atom. The van der Waals surface area contributed by atoms with E-state index in [0.717, 1.165) is 14.7 Å². The van der Waals surface area contributed by atoms with Gasteiger partial charge in [0.2, 0.25) is 0 Å². The minimum Gasteiger partial charge on any atom is -0.452 e. The number of rotatable bonds is 9. The summed E-state index contributed by atoms with van der Waals surface area (Å²) in [6.45, 7) is -0.279. The molecule has 210 valence electrons. The van der Waals surface area contributed by atoms with E-state index in [-0.39, 0.29) is 29.5 Å². The minimum absolute atomic E-state index is 0.0544. The lowest BCUT2D eigenvalue weighted by Gasteiger charge is -2.27. The summed E-state index contributed by atoms with van der Waals surface area (Å²) >= 11 is 8.97. The molecule has 0 aliphatic carbocycles. The molecule has 4 rings (SSSR count). The van der Waals surface area contributed by atoms with Gasteiger partial charge in [-0.3, -0.25) is 13.9 Å². The van der Waals surface area contributed by atoms with Gasteiger partial charge in [0.1, 0.15) is 23.0 Å². The van der Waals surface area contributed by atoms with Crippen molar-refractivity contribution < 1.29 is 27.0 Å². The van der Waals surface area contributed by atoms with E-state index in [2.05, 4.69) is 5.32 Å². The summed E-state index contributed by atoms with van der Waals surface area (Å²) in [5.41, 5.74) is -0.719. The van der Waals surface area contributed by atoms with Gasteiger partial charge in [-0.1, -0.05) is 29.8 Å². The van der Waals surface area contributed by atoms with Gasteiger partial charge in [-0.15, -0.1) is 0 Å². The second-order valence-corrected chi connectivity index (χ2v) is 13.9. The smallest absolute Gasteiger partial charge is 0.389 e. The molecular weight excluding hydrogens is 774 g/mol. The zero-order valence-corrected chi connectivity index (χ0v) is 25.2.